The van der Waals surface area contributed by atoms with Crippen LogP contribution in [0.25, 0.3) is 0 Å². The van der Waals surface area contributed by atoms with Crippen molar-refractivity contribution in [2.45, 2.75) is 10.6 Å². The van der Waals surface area contributed by atoms with Crippen molar-refractivity contribution in [2.75, 3.05) is 16.6 Å². The fraction of sp³-hybridized carbons (Fsp3) is 0.200. The number of para-hydroxylation sites is 1. The van der Waals surface area contributed by atoms with Crippen LogP contribution >= 0.6 is 0 Å². The molecule has 116 valence electrons. The second kappa shape index (κ2) is 5.40. The molecule has 1 aliphatic rings. The van der Waals surface area contributed by atoms with Crippen LogP contribution in [0, 0.1) is 0 Å². The molecule has 2 aromatic rings. The minimum atomic E-state index is -3.63. The van der Waals surface area contributed by atoms with Crippen LogP contribution in [0.1, 0.15) is 5.56 Å². The van der Waals surface area contributed by atoms with Crippen molar-refractivity contribution in [2.24, 2.45) is 0 Å². The number of nitrogens with zero attached hydrogens (tertiary/aromatic N) is 1. The number of anilines is 1. The van der Waals surface area contributed by atoms with Crippen LogP contribution in [0.3, 0.4) is 0 Å². The predicted molar refractivity (Wildman–Crippen MR) is 84.9 cm³/mol. The molecule has 0 aromatic heterocycles. The molecule has 0 aliphatic carbocycles. The Morgan fingerprint density at radius 1 is 0.955 bits per heavy atom. The minimum absolute atomic E-state index is 0.0471. The van der Waals surface area contributed by atoms with Gasteiger partial charge in [-0.1, -0.05) is 42.5 Å². The van der Waals surface area contributed by atoms with E-state index in [4.69, 9.17) is 0 Å². The summed E-state index contributed by atoms with van der Waals surface area (Å²) in [6.07, 6.45) is 0. The zero-order chi connectivity index (χ0) is 15.8. The SMILES string of the molecule is O=S1(=O)CCN(S(=O)(=O)Cc2ccccc2)c2ccccc21. The van der Waals surface area contributed by atoms with Crippen LogP contribution in [0.4, 0.5) is 5.69 Å². The maximum absolute atomic E-state index is 12.7. The molecule has 22 heavy (non-hydrogen) atoms. The zero-order valence-corrected chi connectivity index (χ0v) is 13.3. The number of rotatable bonds is 3. The summed E-state index contributed by atoms with van der Waals surface area (Å²) in [5.41, 5.74) is 0.915. The number of hydrogen-bond acceptors (Lipinski definition) is 4. The lowest BCUT2D eigenvalue weighted by atomic mass is 10.2. The van der Waals surface area contributed by atoms with Crippen molar-refractivity contribution in [3.63, 3.8) is 0 Å². The monoisotopic (exact) mass is 337 g/mol. The van der Waals surface area contributed by atoms with Gasteiger partial charge in [0.1, 0.15) is 0 Å². The standard InChI is InChI=1S/C15H15NO4S2/c17-21(18)11-10-16(14-8-4-5-9-15(14)21)22(19,20)12-13-6-2-1-3-7-13/h1-9H,10-12H2. The lowest BCUT2D eigenvalue weighted by Gasteiger charge is -2.30. The first-order valence-corrected chi connectivity index (χ1v) is 10.0. The summed E-state index contributed by atoms with van der Waals surface area (Å²) in [4.78, 5) is 0.0814. The molecule has 2 aromatic carbocycles. The summed E-state index contributed by atoms with van der Waals surface area (Å²) < 4.78 is 50.7. The third kappa shape index (κ3) is 2.74. The first kappa shape index (κ1) is 15.1. The fourth-order valence-corrected chi connectivity index (χ4v) is 5.71. The van der Waals surface area contributed by atoms with E-state index in [2.05, 4.69) is 0 Å². The third-order valence-electron chi connectivity index (χ3n) is 3.56. The highest BCUT2D eigenvalue weighted by molar-refractivity contribution is 7.93. The molecule has 0 saturated carbocycles. The quantitative estimate of drug-likeness (QED) is 0.856. The Hall–Kier alpha value is -1.86. The van der Waals surface area contributed by atoms with Crippen molar-refractivity contribution in [1.82, 2.24) is 0 Å². The van der Waals surface area contributed by atoms with Gasteiger partial charge >= 0.3 is 0 Å². The summed E-state index contributed by atoms with van der Waals surface area (Å²) in [6.45, 7) is -0.0471. The number of sulfone groups is 1. The van der Waals surface area contributed by atoms with Crippen molar-refractivity contribution < 1.29 is 16.8 Å². The molecular formula is C15H15NO4S2. The molecular weight excluding hydrogens is 322 g/mol. The summed E-state index contributed by atoms with van der Waals surface area (Å²) in [5.74, 6) is -0.347. The number of benzene rings is 2. The van der Waals surface area contributed by atoms with Crippen LogP contribution in [0.5, 0.6) is 0 Å². The minimum Gasteiger partial charge on any atom is -0.268 e. The van der Waals surface area contributed by atoms with E-state index in [9.17, 15) is 16.8 Å². The highest BCUT2D eigenvalue weighted by atomic mass is 32.2. The molecule has 0 amide bonds. The fourth-order valence-electron chi connectivity index (χ4n) is 2.51. The zero-order valence-electron chi connectivity index (χ0n) is 11.7. The van der Waals surface area contributed by atoms with Gasteiger partial charge in [-0.15, -0.1) is 0 Å². The molecule has 0 spiro atoms. The topological polar surface area (TPSA) is 71.5 Å². The Labute approximate surface area is 130 Å². The van der Waals surface area contributed by atoms with Crippen molar-refractivity contribution in [3.05, 3.63) is 60.2 Å². The van der Waals surface area contributed by atoms with Gasteiger partial charge in [-0.05, 0) is 17.7 Å². The Bertz CT molecular complexity index is 890. The lowest BCUT2D eigenvalue weighted by Crippen LogP contribution is -2.40. The smallest absolute Gasteiger partial charge is 0.239 e. The Morgan fingerprint density at radius 2 is 1.59 bits per heavy atom. The highest BCUT2D eigenvalue weighted by Gasteiger charge is 2.34. The number of fused-ring (bicyclic) bond motifs is 1. The van der Waals surface area contributed by atoms with E-state index < -0.39 is 19.9 Å². The predicted octanol–water partition coefficient (Wildman–Crippen LogP) is 1.81. The molecule has 7 heteroatoms. The third-order valence-corrected chi connectivity index (χ3v) is 7.04. The van der Waals surface area contributed by atoms with Crippen molar-refractivity contribution >= 4 is 25.5 Å². The van der Waals surface area contributed by atoms with Gasteiger partial charge in [0.15, 0.2) is 9.84 Å². The summed E-state index contributed by atoms with van der Waals surface area (Å²) >= 11 is 0. The van der Waals surface area contributed by atoms with E-state index in [1.807, 2.05) is 6.07 Å². The van der Waals surface area contributed by atoms with Gasteiger partial charge < -0.3 is 0 Å². The maximum atomic E-state index is 12.7. The molecule has 1 aliphatic heterocycles. The summed E-state index contributed by atoms with van der Waals surface area (Å²) in [5, 5.41) is 0. The van der Waals surface area contributed by atoms with Crippen molar-refractivity contribution in [1.29, 1.82) is 0 Å². The van der Waals surface area contributed by atoms with Crippen LogP contribution in [-0.4, -0.2) is 29.1 Å². The Morgan fingerprint density at radius 3 is 2.32 bits per heavy atom. The van der Waals surface area contributed by atoms with E-state index in [0.29, 0.717) is 5.56 Å². The van der Waals surface area contributed by atoms with Gasteiger partial charge in [0, 0.05) is 6.54 Å². The largest absolute Gasteiger partial charge is 0.268 e. The van der Waals surface area contributed by atoms with Crippen molar-refractivity contribution in [3.8, 4) is 0 Å². The normalized spacial score (nSPS) is 17.0. The van der Waals surface area contributed by atoms with E-state index in [1.165, 1.54) is 16.4 Å². The summed E-state index contributed by atoms with van der Waals surface area (Å²) in [6, 6.07) is 15.1. The number of sulfonamides is 1. The van der Waals surface area contributed by atoms with Gasteiger partial charge in [-0.3, -0.25) is 4.31 Å². The van der Waals surface area contributed by atoms with Gasteiger partial charge in [-0.2, -0.15) is 0 Å². The van der Waals surface area contributed by atoms with E-state index in [-0.39, 0.29) is 28.6 Å². The lowest BCUT2D eigenvalue weighted by molar-refractivity contribution is 0.583. The van der Waals surface area contributed by atoms with Gasteiger partial charge in [0.25, 0.3) is 0 Å². The van der Waals surface area contributed by atoms with E-state index in [0.717, 1.165) is 0 Å². The van der Waals surface area contributed by atoms with E-state index >= 15 is 0 Å². The first-order chi connectivity index (χ1) is 10.4. The average Bonchev–Trinajstić information content (AvgIpc) is 2.47. The molecule has 5 nitrogen and oxygen atoms in total. The molecule has 3 rings (SSSR count). The maximum Gasteiger partial charge on any atom is 0.239 e. The molecule has 0 unspecified atom stereocenters. The molecule has 0 fully saturated rings. The highest BCUT2D eigenvalue weighted by Crippen LogP contribution is 2.32. The Kier molecular flexibility index (Phi) is 3.70. The van der Waals surface area contributed by atoms with Crippen LogP contribution in [-0.2, 0) is 25.6 Å². The van der Waals surface area contributed by atoms with E-state index in [1.54, 1.807) is 36.4 Å². The average molecular weight is 337 g/mol. The second-order valence-electron chi connectivity index (χ2n) is 5.10. The molecule has 1 heterocycles. The van der Waals surface area contributed by atoms with Gasteiger partial charge in [0.2, 0.25) is 10.0 Å². The molecule has 0 radical (unpaired) electrons. The second-order valence-corrected chi connectivity index (χ2v) is 9.07. The van der Waals surface area contributed by atoms with Crippen LogP contribution < -0.4 is 4.31 Å². The number of hydrogen-bond donors (Lipinski definition) is 0. The van der Waals surface area contributed by atoms with Crippen LogP contribution in [0.15, 0.2) is 59.5 Å². The first-order valence-electron chi connectivity index (χ1n) is 6.76. The Balaban J connectivity index is 2.02. The molecule has 0 N–H and O–H groups in total. The van der Waals surface area contributed by atoms with Gasteiger partial charge in [0.05, 0.1) is 22.1 Å². The summed E-state index contributed by atoms with van der Waals surface area (Å²) in [7, 11) is -7.05. The molecule has 0 saturated heterocycles. The van der Waals surface area contributed by atoms with Gasteiger partial charge in [-0.25, -0.2) is 16.8 Å². The molecule has 0 bridgehead atoms. The molecule has 0 atom stereocenters. The van der Waals surface area contributed by atoms with Crippen LogP contribution in [0.2, 0.25) is 0 Å².